The molecule has 2 heterocycles. The molecule has 2 N–H and O–H groups in total. The van der Waals surface area contributed by atoms with Crippen molar-refractivity contribution in [1.29, 1.82) is 0 Å². The molecule has 0 fully saturated rings. The molecule has 0 unspecified atom stereocenters. The number of primary amides is 1. The number of carbonyl (C=O) groups is 2. The largest absolute Gasteiger partial charge is 0.462 e. The first kappa shape index (κ1) is 16.2. The number of carbonyl (C=O) groups excluding carboxylic acids is 2. The molecular weight excluding hydrogens is 306 g/mol. The first-order valence-electron chi connectivity index (χ1n) is 6.82. The Labute approximate surface area is 130 Å². The molecule has 0 spiro atoms. The van der Waals surface area contributed by atoms with Crippen LogP contribution in [0.15, 0.2) is 4.79 Å². The Bertz CT molecular complexity index is 807. The van der Waals surface area contributed by atoms with E-state index in [1.54, 1.807) is 20.8 Å². The molecule has 0 radical (unpaired) electrons. The highest BCUT2D eigenvalue weighted by atomic mass is 32.1. The Morgan fingerprint density at radius 3 is 2.64 bits per heavy atom. The zero-order valence-electron chi connectivity index (χ0n) is 12.6. The van der Waals surface area contributed by atoms with E-state index in [1.807, 2.05) is 0 Å². The number of nitrogens with zero attached hydrogens (tertiary/aromatic N) is 2. The molecule has 2 aromatic rings. The second-order valence-electron chi connectivity index (χ2n) is 4.79. The molecule has 0 aliphatic heterocycles. The van der Waals surface area contributed by atoms with Crippen molar-refractivity contribution in [3.63, 3.8) is 0 Å². The van der Waals surface area contributed by atoms with Crippen LogP contribution in [0, 0.1) is 13.8 Å². The van der Waals surface area contributed by atoms with E-state index in [-0.39, 0.29) is 25.1 Å². The van der Waals surface area contributed by atoms with E-state index in [0.29, 0.717) is 26.5 Å². The molecule has 0 saturated carbocycles. The Kier molecular flexibility index (Phi) is 4.60. The molecule has 2 rings (SSSR count). The van der Waals surface area contributed by atoms with Crippen molar-refractivity contribution in [2.75, 3.05) is 6.61 Å². The van der Waals surface area contributed by atoms with Gasteiger partial charge in [0.25, 0.3) is 5.56 Å². The van der Waals surface area contributed by atoms with Crippen LogP contribution in [0.25, 0.3) is 10.2 Å². The zero-order valence-corrected chi connectivity index (χ0v) is 13.5. The van der Waals surface area contributed by atoms with Crippen LogP contribution < -0.4 is 11.3 Å². The second kappa shape index (κ2) is 6.27. The van der Waals surface area contributed by atoms with Gasteiger partial charge in [0, 0.05) is 13.0 Å². The Balaban J connectivity index is 2.59. The topological polar surface area (TPSA) is 104 Å². The summed E-state index contributed by atoms with van der Waals surface area (Å²) >= 11 is 1.14. The standard InChI is InChI=1S/C14H17N3O4S/c1-4-21-14(20)11-7(2)10-12(22-11)16-8(3)17(13(10)19)6-5-9(15)18/h4-6H2,1-3H3,(H2,15,18). The highest BCUT2D eigenvalue weighted by molar-refractivity contribution is 7.20. The molecular formula is C14H17N3O4S. The maximum Gasteiger partial charge on any atom is 0.348 e. The minimum Gasteiger partial charge on any atom is -0.462 e. The SMILES string of the molecule is CCOC(=O)c1sc2nc(C)n(CCC(N)=O)c(=O)c2c1C. The van der Waals surface area contributed by atoms with Gasteiger partial charge < -0.3 is 10.5 Å². The number of rotatable bonds is 5. The average Bonchev–Trinajstić information content (AvgIpc) is 2.75. The van der Waals surface area contributed by atoms with Gasteiger partial charge in [-0.15, -0.1) is 11.3 Å². The van der Waals surface area contributed by atoms with E-state index < -0.39 is 11.9 Å². The molecule has 7 nitrogen and oxygen atoms in total. The molecule has 0 saturated heterocycles. The summed E-state index contributed by atoms with van der Waals surface area (Å²) in [4.78, 5) is 40.7. The highest BCUT2D eigenvalue weighted by Crippen LogP contribution is 2.28. The van der Waals surface area contributed by atoms with Crippen molar-refractivity contribution in [3.8, 4) is 0 Å². The van der Waals surface area contributed by atoms with E-state index in [1.165, 1.54) is 4.57 Å². The molecule has 0 aliphatic carbocycles. The third-order valence-electron chi connectivity index (χ3n) is 3.28. The maximum atomic E-state index is 12.6. The summed E-state index contributed by atoms with van der Waals surface area (Å²) in [5.41, 5.74) is 5.42. The fourth-order valence-electron chi connectivity index (χ4n) is 2.19. The summed E-state index contributed by atoms with van der Waals surface area (Å²) in [6, 6.07) is 0. The smallest absolute Gasteiger partial charge is 0.348 e. The number of hydrogen-bond donors (Lipinski definition) is 1. The number of esters is 1. The van der Waals surface area contributed by atoms with Crippen molar-refractivity contribution >= 4 is 33.4 Å². The maximum absolute atomic E-state index is 12.6. The van der Waals surface area contributed by atoms with Gasteiger partial charge >= 0.3 is 5.97 Å². The molecule has 1 amide bonds. The van der Waals surface area contributed by atoms with E-state index in [4.69, 9.17) is 10.5 Å². The zero-order chi connectivity index (χ0) is 16.4. The van der Waals surface area contributed by atoms with Crippen LogP contribution >= 0.6 is 11.3 Å². The molecule has 0 bridgehead atoms. The van der Waals surface area contributed by atoms with Gasteiger partial charge in [-0.25, -0.2) is 9.78 Å². The van der Waals surface area contributed by atoms with Crippen molar-refractivity contribution in [1.82, 2.24) is 9.55 Å². The summed E-state index contributed by atoms with van der Waals surface area (Å²) in [5, 5.41) is 0.392. The predicted octanol–water partition coefficient (Wildman–Crippen LogP) is 1.13. The number of fused-ring (bicyclic) bond motifs is 1. The van der Waals surface area contributed by atoms with Crippen LogP contribution in [0.2, 0.25) is 0 Å². The molecule has 0 aliphatic rings. The molecule has 2 aromatic heterocycles. The van der Waals surface area contributed by atoms with Crippen molar-refractivity contribution < 1.29 is 14.3 Å². The van der Waals surface area contributed by atoms with Gasteiger partial charge in [-0.05, 0) is 26.3 Å². The summed E-state index contributed by atoms with van der Waals surface area (Å²) in [7, 11) is 0. The van der Waals surface area contributed by atoms with E-state index in [0.717, 1.165) is 11.3 Å². The Morgan fingerprint density at radius 1 is 1.36 bits per heavy atom. The first-order valence-corrected chi connectivity index (χ1v) is 7.64. The van der Waals surface area contributed by atoms with Crippen LogP contribution in [-0.4, -0.2) is 28.0 Å². The molecule has 118 valence electrons. The predicted molar refractivity (Wildman–Crippen MR) is 83.1 cm³/mol. The molecule has 8 heteroatoms. The number of thiophene rings is 1. The van der Waals surface area contributed by atoms with Gasteiger partial charge in [0.05, 0.1) is 12.0 Å². The van der Waals surface area contributed by atoms with Crippen LogP contribution in [0.4, 0.5) is 0 Å². The van der Waals surface area contributed by atoms with Crippen LogP contribution in [0.5, 0.6) is 0 Å². The molecule has 0 atom stereocenters. The number of amides is 1. The third-order valence-corrected chi connectivity index (χ3v) is 4.45. The number of hydrogen-bond acceptors (Lipinski definition) is 6. The number of ether oxygens (including phenoxy) is 1. The lowest BCUT2D eigenvalue weighted by Gasteiger charge is -2.08. The number of aromatic nitrogens is 2. The van der Waals surface area contributed by atoms with E-state index in [9.17, 15) is 14.4 Å². The second-order valence-corrected chi connectivity index (χ2v) is 5.79. The van der Waals surface area contributed by atoms with Gasteiger partial charge in [-0.2, -0.15) is 0 Å². The lowest BCUT2D eigenvalue weighted by atomic mass is 10.2. The summed E-state index contributed by atoms with van der Waals surface area (Å²) in [5.74, 6) is -0.459. The quantitative estimate of drug-likeness (QED) is 0.830. The van der Waals surface area contributed by atoms with Crippen LogP contribution in [0.3, 0.4) is 0 Å². The lowest BCUT2D eigenvalue weighted by Crippen LogP contribution is -2.26. The van der Waals surface area contributed by atoms with Gasteiger partial charge in [0.1, 0.15) is 15.5 Å². The van der Waals surface area contributed by atoms with Crippen molar-refractivity contribution in [2.45, 2.75) is 33.7 Å². The van der Waals surface area contributed by atoms with Gasteiger partial charge in [-0.1, -0.05) is 0 Å². The number of nitrogens with two attached hydrogens (primary N) is 1. The van der Waals surface area contributed by atoms with Crippen molar-refractivity contribution in [3.05, 3.63) is 26.6 Å². The third kappa shape index (κ3) is 2.87. The molecule has 22 heavy (non-hydrogen) atoms. The summed E-state index contributed by atoms with van der Waals surface area (Å²) < 4.78 is 6.40. The monoisotopic (exact) mass is 323 g/mol. The number of aryl methyl sites for hydroxylation is 2. The van der Waals surface area contributed by atoms with Gasteiger partial charge in [0.15, 0.2) is 0 Å². The van der Waals surface area contributed by atoms with Gasteiger partial charge in [-0.3, -0.25) is 14.2 Å². The molecule has 0 aromatic carbocycles. The van der Waals surface area contributed by atoms with Crippen LogP contribution in [-0.2, 0) is 16.1 Å². The van der Waals surface area contributed by atoms with Gasteiger partial charge in [0.2, 0.25) is 5.91 Å². The Morgan fingerprint density at radius 2 is 2.05 bits per heavy atom. The van der Waals surface area contributed by atoms with Crippen molar-refractivity contribution in [2.24, 2.45) is 5.73 Å². The summed E-state index contributed by atoms with van der Waals surface area (Å²) in [6.07, 6.45) is 0.0574. The highest BCUT2D eigenvalue weighted by Gasteiger charge is 2.21. The van der Waals surface area contributed by atoms with E-state index >= 15 is 0 Å². The lowest BCUT2D eigenvalue weighted by molar-refractivity contribution is -0.118. The van der Waals surface area contributed by atoms with E-state index in [2.05, 4.69) is 4.98 Å². The minimum absolute atomic E-state index is 0.0574. The fraction of sp³-hybridized carbons (Fsp3) is 0.429. The minimum atomic E-state index is -0.486. The first-order chi connectivity index (χ1) is 10.4. The summed E-state index contributed by atoms with van der Waals surface area (Å²) in [6.45, 7) is 5.54. The average molecular weight is 323 g/mol. The Hall–Kier alpha value is -2.22. The fourth-order valence-corrected chi connectivity index (χ4v) is 3.31. The normalized spacial score (nSPS) is 10.9. The van der Waals surface area contributed by atoms with Crippen LogP contribution in [0.1, 0.15) is 34.4 Å².